The van der Waals surface area contributed by atoms with Crippen LogP contribution in [0.4, 0.5) is 13.2 Å². The third-order valence-electron chi connectivity index (χ3n) is 5.66. The molecule has 0 radical (unpaired) electrons. The number of halogens is 4. The van der Waals surface area contributed by atoms with E-state index < -0.39 is 11.7 Å². The molecule has 1 unspecified atom stereocenters. The van der Waals surface area contributed by atoms with Crippen LogP contribution in [0.15, 0.2) is 24.5 Å². The van der Waals surface area contributed by atoms with Gasteiger partial charge in [-0.25, -0.2) is 15.0 Å². The molecule has 8 heteroatoms. The molecule has 0 N–H and O–H groups in total. The number of hydrogen-bond acceptors (Lipinski definition) is 3. The summed E-state index contributed by atoms with van der Waals surface area (Å²) in [7, 11) is 0. The van der Waals surface area contributed by atoms with E-state index in [1.807, 2.05) is 6.92 Å². The molecule has 1 atom stereocenters. The van der Waals surface area contributed by atoms with Crippen LogP contribution in [0.2, 0.25) is 5.02 Å². The first kappa shape index (κ1) is 19.2. The van der Waals surface area contributed by atoms with Gasteiger partial charge >= 0.3 is 6.18 Å². The number of aryl methyl sites for hydroxylation is 1. The predicted octanol–water partition coefficient (Wildman–Crippen LogP) is 6.09. The molecule has 0 spiro atoms. The number of alkyl halides is 3. The lowest BCUT2D eigenvalue weighted by molar-refractivity contribution is -0.137. The summed E-state index contributed by atoms with van der Waals surface area (Å²) < 4.78 is 41.0. The Labute approximate surface area is 165 Å². The van der Waals surface area contributed by atoms with Crippen molar-refractivity contribution in [1.82, 2.24) is 19.5 Å². The highest BCUT2D eigenvalue weighted by Gasteiger charge is 2.32. The van der Waals surface area contributed by atoms with Gasteiger partial charge in [-0.15, -0.1) is 0 Å². The molecule has 3 aromatic rings. The Hall–Kier alpha value is -2.15. The number of nitrogens with zero attached hydrogens (tertiary/aromatic N) is 4. The molecule has 1 saturated carbocycles. The van der Waals surface area contributed by atoms with Gasteiger partial charge in [0.1, 0.15) is 23.4 Å². The fourth-order valence-corrected chi connectivity index (χ4v) is 4.11. The highest BCUT2D eigenvalue weighted by Crippen LogP contribution is 2.40. The Morgan fingerprint density at radius 3 is 2.57 bits per heavy atom. The molecule has 0 aliphatic heterocycles. The van der Waals surface area contributed by atoms with Crippen LogP contribution in [-0.4, -0.2) is 19.5 Å². The van der Waals surface area contributed by atoms with E-state index in [1.54, 1.807) is 0 Å². The van der Waals surface area contributed by atoms with Gasteiger partial charge in [-0.1, -0.05) is 31.0 Å². The molecule has 28 heavy (non-hydrogen) atoms. The van der Waals surface area contributed by atoms with Gasteiger partial charge in [0.2, 0.25) is 0 Å². The van der Waals surface area contributed by atoms with E-state index in [4.69, 9.17) is 16.6 Å². The normalized spacial score (nSPS) is 16.4. The van der Waals surface area contributed by atoms with Gasteiger partial charge in [0.15, 0.2) is 5.65 Å². The SMILES string of the molecule is CCc1nc2c(-c3ccc(C(F)(F)F)cc3Cl)ncnc2n1C(C)C1CCC1. The standard InChI is InChI=1S/C20H20ClF3N4/c1-3-16-27-18-17(14-8-7-13(9-15(14)21)20(22,23)24)25-10-26-19(18)28(16)11(2)12-5-4-6-12/h7-12H,3-6H2,1-2H3. The minimum Gasteiger partial charge on any atom is -0.309 e. The zero-order valence-electron chi connectivity index (χ0n) is 15.6. The largest absolute Gasteiger partial charge is 0.416 e. The molecule has 4 rings (SSSR count). The van der Waals surface area contributed by atoms with Crippen LogP contribution >= 0.6 is 11.6 Å². The van der Waals surface area contributed by atoms with E-state index in [0.717, 1.165) is 24.4 Å². The van der Waals surface area contributed by atoms with Crippen molar-refractivity contribution < 1.29 is 13.2 Å². The fourth-order valence-electron chi connectivity index (χ4n) is 3.84. The first-order chi connectivity index (χ1) is 13.3. The fraction of sp³-hybridized carbons (Fsp3) is 0.450. The third-order valence-corrected chi connectivity index (χ3v) is 5.97. The van der Waals surface area contributed by atoms with Crippen molar-refractivity contribution in [3.63, 3.8) is 0 Å². The Bertz CT molecular complexity index is 1020. The lowest BCUT2D eigenvalue weighted by atomic mass is 9.80. The van der Waals surface area contributed by atoms with Crippen LogP contribution < -0.4 is 0 Å². The summed E-state index contributed by atoms with van der Waals surface area (Å²) in [6.07, 6.45) is 1.33. The zero-order valence-corrected chi connectivity index (χ0v) is 16.3. The quantitative estimate of drug-likeness (QED) is 0.524. The second-order valence-electron chi connectivity index (χ2n) is 7.27. The molecule has 2 aromatic heterocycles. The van der Waals surface area contributed by atoms with Gasteiger partial charge in [0.05, 0.1) is 10.6 Å². The Balaban J connectivity index is 1.86. The summed E-state index contributed by atoms with van der Waals surface area (Å²) in [6, 6.07) is 3.57. The van der Waals surface area contributed by atoms with Gasteiger partial charge in [0.25, 0.3) is 0 Å². The van der Waals surface area contributed by atoms with Crippen LogP contribution in [-0.2, 0) is 12.6 Å². The van der Waals surface area contributed by atoms with E-state index in [0.29, 0.717) is 28.3 Å². The predicted molar refractivity (Wildman–Crippen MR) is 102 cm³/mol. The maximum absolute atomic E-state index is 13.0. The van der Waals surface area contributed by atoms with Crippen molar-refractivity contribution in [2.24, 2.45) is 5.92 Å². The molecule has 1 aliphatic rings. The van der Waals surface area contributed by atoms with E-state index >= 15 is 0 Å². The second-order valence-corrected chi connectivity index (χ2v) is 7.68. The third kappa shape index (κ3) is 3.15. The van der Waals surface area contributed by atoms with E-state index in [2.05, 4.69) is 21.5 Å². The van der Waals surface area contributed by atoms with Crippen LogP contribution in [0.3, 0.4) is 0 Å². The van der Waals surface area contributed by atoms with E-state index in [-0.39, 0.29) is 11.1 Å². The summed E-state index contributed by atoms with van der Waals surface area (Å²) in [5.74, 6) is 1.50. The summed E-state index contributed by atoms with van der Waals surface area (Å²) in [6.45, 7) is 4.21. The molecule has 2 heterocycles. The van der Waals surface area contributed by atoms with Crippen molar-refractivity contribution in [3.8, 4) is 11.3 Å². The Morgan fingerprint density at radius 2 is 2.00 bits per heavy atom. The molecular weight excluding hydrogens is 389 g/mol. The average Bonchev–Trinajstić information content (AvgIpc) is 2.98. The monoisotopic (exact) mass is 408 g/mol. The van der Waals surface area contributed by atoms with Crippen LogP contribution in [0.1, 0.15) is 50.5 Å². The summed E-state index contributed by atoms with van der Waals surface area (Å²) in [4.78, 5) is 13.5. The number of imidazole rings is 1. The Kier molecular flexibility index (Phi) is 4.81. The van der Waals surface area contributed by atoms with Gasteiger partial charge in [0, 0.05) is 18.0 Å². The molecule has 0 bridgehead atoms. The molecule has 1 aromatic carbocycles. The van der Waals surface area contributed by atoms with Gasteiger partial charge in [-0.05, 0) is 37.8 Å². The number of rotatable bonds is 4. The smallest absolute Gasteiger partial charge is 0.309 e. The summed E-state index contributed by atoms with van der Waals surface area (Å²) >= 11 is 6.20. The highest BCUT2D eigenvalue weighted by atomic mass is 35.5. The lowest BCUT2D eigenvalue weighted by Gasteiger charge is -2.33. The first-order valence-corrected chi connectivity index (χ1v) is 9.78. The van der Waals surface area contributed by atoms with Crippen molar-refractivity contribution in [3.05, 3.63) is 40.9 Å². The molecular formula is C20H20ClF3N4. The maximum atomic E-state index is 13.0. The molecule has 148 valence electrons. The van der Waals surface area contributed by atoms with Crippen LogP contribution in [0.25, 0.3) is 22.4 Å². The maximum Gasteiger partial charge on any atom is 0.416 e. The number of fused-ring (bicyclic) bond motifs is 1. The van der Waals surface area contributed by atoms with E-state index in [1.165, 1.54) is 31.7 Å². The van der Waals surface area contributed by atoms with Crippen molar-refractivity contribution in [2.45, 2.75) is 51.7 Å². The summed E-state index contributed by atoms with van der Waals surface area (Å²) in [5, 5.41) is -0.00513. The zero-order chi connectivity index (χ0) is 20.1. The lowest BCUT2D eigenvalue weighted by Crippen LogP contribution is -2.24. The summed E-state index contributed by atoms with van der Waals surface area (Å²) in [5.41, 5.74) is 1.37. The Morgan fingerprint density at radius 1 is 1.25 bits per heavy atom. The van der Waals surface area contributed by atoms with Gasteiger partial charge < -0.3 is 4.57 Å². The van der Waals surface area contributed by atoms with Gasteiger partial charge in [-0.2, -0.15) is 13.2 Å². The minimum absolute atomic E-state index is 0.00513. The highest BCUT2D eigenvalue weighted by molar-refractivity contribution is 6.33. The van der Waals surface area contributed by atoms with Crippen LogP contribution in [0.5, 0.6) is 0 Å². The van der Waals surface area contributed by atoms with Crippen molar-refractivity contribution in [2.75, 3.05) is 0 Å². The van der Waals surface area contributed by atoms with Gasteiger partial charge in [-0.3, -0.25) is 0 Å². The van der Waals surface area contributed by atoms with Crippen molar-refractivity contribution >= 4 is 22.8 Å². The molecule has 1 aliphatic carbocycles. The molecule has 0 amide bonds. The van der Waals surface area contributed by atoms with E-state index in [9.17, 15) is 13.2 Å². The first-order valence-electron chi connectivity index (χ1n) is 9.40. The molecule has 4 nitrogen and oxygen atoms in total. The number of benzene rings is 1. The average molecular weight is 409 g/mol. The number of aromatic nitrogens is 4. The molecule has 1 fully saturated rings. The topological polar surface area (TPSA) is 43.6 Å². The minimum atomic E-state index is -4.45. The van der Waals surface area contributed by atoms with Crippen LogP contribution in [0, 0.1) is 5.92 Å². The number of hydrogen-bond donors (Lipinski definition) is 0. The molecule has 0 saturated heterocycles. The van der Waals surface area contributed by atoms with Crippen molar-refractivity contribution in [1.29, 1.82) is 0 Å². The second kappa shape index (κ2) is 7.03.